The highest BCUT2D eigenvalue weighted by Gasteiger charge is 2.10. The van der Waals surface area contributed by atoms with Gasteiger partial charge in [-0.3, -0.25) is 0 Å². The topological polar surface area (TPSA) is 24.9 Å². The molecule has 3 aromatic rings. The second-order valence-corrected chi connectivity index (χ2v) is 5.58. The molecule has 0 bridgehead atoms. The van der Waals surface area contributed by atoms with Gasteiger partial charge in [0.05, 0.1) is 16.3 Å². The number of anilines is 1. The van der Waals surface area contributed by atoms with Crippen molar-refractivity contribution in [3.63, 3.8) is 0 Å². The van der Waals surface area contributed by atoms with E-state index >= 15 is 0 Å². The Morgan fingerprint density at radius 2 is 1.90 bits per heavy atom. The second-order valence-electron chi connectivity index (χ2n) is 4.55. The van der Waals surface area contributed by atoms with E-state index in [1.807, 2.05) is 13.0 Å². The first-order valence-corrected chi connectivity index (χ1v) is 7.01. The van der Waals surface area contributed by atoms with Crippen LogP contribution in [0.3, 0.4) is 0 Å². The van der Waals surface area contributed by atoms with E-state index < -0.39 is 0 Å². The second kappa shape index (κ2) is 5.17. The molecule has 1 N–H and O–H groups in total. The molecular formula is C15H12F2N2S. The van der Waals surface area contributed by atoms with Crippen molar-refractivity contribution in [3.05, 3.63) is 59.7 Å². The minimum absolute atomic E-state index is 0.0730. The van der Waals surface area contributed by atoms with Gasteiger partial charge in [-0.1, -0.05) is 23.5 Å². The number of aromatic nitrogens is 1. The van der Waals surface area contributed by atoms with Crippen LogP contribution < -0.4 is 5.32 Å². The van der Waals surface area contributed by atoms with Crippen molar-refractivity contribution in [2.45, 2.75) is 13.0 Å². The fourth-order valence-electron chi connectivity index (χ4n) is 2.01. The molecule has 20 heavy (non-hydrogen) atoms. The van der Waals surface area contributed by atoms with Crippen LogP contribution in [0.1, 0.15) is 18.5 Å². The van der Waals surface area contributed by atoms with E-state index in [0.29, 0.717) is 10.6 Å². The summed E-state index contributed by atoms with van der Waals surface area (Å²) >= 11 is 1.45. The first-order valence-electron chi connectivity index (χ1n) is 6.20. The number of thiazole rings is 1. The summed E-state index contributed by atoms with van der Waals surface area (Å²) in [6.07, 6.45) is 0. The van der Waals surface area contributed by atoms with Crippen LogP contribution in [-0.4, -0.2) is 4.98 Å². The Bertz CT molecular complexity index is 754. The molecule has 0 spiro atoms. The quantitative estimate of drug-likeness (QED) is 0.753. The number of benzene rings is 2. The first-order chi connectivity index (χ1) is 9.61. The predicted octanol–water partition coefficient (Wildman–Crippen LogP) is 4.75. The van der Waals surface area contributed by atoms with Gasteiger partial charge in [0.15, 0.2) is 5.13 Å². The van der Waals surface area contributed by atoms with Gasteiger partial charge in [-0.05, 0) is 36.8 Å². The third kappa shape index (κ3) is 2.63. The zero-order chi connectivity index (χ0) is 14.1. The van der Waals surface area contributed by atoms with E-state index in [-0.39, 0.29) is 17.7 Å². The summed E-state index contributed by atoms with van der Waals surface area (Å²) in [5, 5.41) is 3.91. The monoisotopic (exact) mass is 290 g/mol. The summed E-state index contributed by atoms with van der Waals surface area (Å²) in [6, 6.07) is 10.9. The molecule has 0 amide bonds. The van der Waals surface area contributed by atoms with Crippen molar-refractivity contribution in [2.24, 2.45) is 0 Å². The fraction of sp³-hybridized carbons (Fsp3) is 0.133. The number of hydrogen-bond donors (Lipinski definition) is 1. The molecule has 0 aliphatic carbocycles. The molecule has 1 atom stereocenters. The average Bonchev–Trinajstić information content (AvgIpc) is 2.80. The molecule has 0 aliphatic heterocycles. The van der Waals surface area contributed by atoms with Crippen LogP contribution in [0.2, 0.25) is 0 Å². The number of rotatable bonds is 3. The molecule has 5 heteroatoms. The largest absolute Gasteiger partial charge is 0.355 e. The van der Waals surface area contributed by atoms with E-state index in [9.17, 15) is 8.78 Å². The highest BCUT2D eigenvalue weighted by molar-refractivity contribution is 7.22. The summed E-state index contributed by atoms with van der Waals surface area (Å²) in [4.78, 5) is 4.34. The van der Waals surface area contributed by atoms with Crippen molar-refractivity contribution in [2.75, 3.05) is 5.32 Å². The van der Waals surface area contributed by atoms with Crippen molar-refractivity contribution in [3.8, 4) is 0 Å². The Morgan fingerprint density at radius 3 is 2.70 bits per heavy atom. The van der Waals surface area contributed by atoms with E-state index in [1.54, 1.807) is 12.1 Å². The van der Waals surface area contributed by atoms with Gasteiger partial charge in [0.1, 0.15) is 11.6 Å². The lowest BCUT2D eigenvalue weighted by Crippen LogP contribution is -2.06. The van der Waals surface area contributed by atoms with E-state index in [0.717, 1.165) is 10.3 Å². The Balaban J connectivity index is 1.85. The van der Waals surface area contributed by atoms with Crippen LogP contribution in [0, 0.1) is 11.6 Å². The van der Waals surface area contributed by atoms with Crippen LogP contribution >= 0.6 is 11.3 Å². The van der Waals surface area contributed by atoms with E-state index in [2.05, 4.69) is 10.3 Å². The van der Waals surface area contributed by atoms with E-state index in [1.165, 1.54) is 35.6 Å². The summed E-state index contributed by atoms with van der Waals surface area (Å²) in [7, 11) is 0. The third-order valence-corrected chi connectivity index (χ3v) is 4.01. The number of fused-ring (bicyclic) bond motifs is 1. The minimum Gasteiger partial charge on any atom is -0.355 e. The lowest BCUT2D eigenvalue weighted by atomic mass is 10.1. The minimum atomic E-state index is -0.299. The van der Waals surface area contributed by atoms with Crippen LogP contribution in [0.15, 0.2) is 42.5 Å². The molecule has 0 aliphatic rings. The molecular weight excluding hydrogens is 278 g/mol. The number of hydrogen-bond acceptors (Lipinski definition) is 3. The van der Waals surface area contributed by atoms with Gasteiger partial charge in [-0.2, -0.15) is 0 Å². The normalized spacial score (nSPS) is 12.6. The lowest BCUT2D eigenvalue weighted by Gasteiger charge is -2.13. The number of nitrogens with zero attached hydrogens (tertiary/aromatic N) is 1. The van der Waals surface area contributed by atoms with Gasteiger partial charge in [0.2, 0.25) is 0 Å². The van der Waals surface area contributed by atoms with Crippen molar-refractivity contribution >= 4 is 26.7 Å². The van der Waals surface area contributed by atoms with Gasteiger partial charge in [0.25, 0.3) is 0 Å². The van der Waals surface area contributed by atoms with Gasteiger partial charge < -0.3 is 5.32 Å². The van der Waals surface area contributed by atoms with Crippen molar-refractivity contribution < 1.29 is 8.78 Å². The SMILES string of the molecule is CC(Nc1nc2cc(F)ccc2s1)c1cccc(F)c1. The number of halogens is 2. The summed E-state index contributed by atoms with van der Waals surface area (Å²) in [5.74, 6) is -0.560. The highest BCUT2D eigenvalue weighted by Crippen LogP contribution is 2.29. The van der Waals surface area contributed by atoms with Gasteiger partial charge in [-0.15, -0.1) is 0 Å². The first kappa shape index (κ1) is 13.0. The zero-order valence-electron chi connectivity index (χ0n) is 10.7. The molecule has 1 aromatic heterocycles. The molecule has 0 saturated heterocycles. The van der Waals surface area contributed by atoms with Crippen LogP contribution in [0.25, 0.3) is 10.2 Å². The van der Waals surface area contributed by atoms with E-state index in [4.69, 9.17) is 0 Å². The molecule has 0 fully saturated rings. The average molecular weight is 290 g/mol. The molecule has 0 radical (unpaired) electrons. The zero-order valence-corrected chi connectivity index (χ0v) is 11.5. The van der Waals surface area contributed by atoms with Crippen molar-refractivity contribution in [1.29, 1.82) is 0 Å². The maximum absolute atomic E-state index is 13.2. The fourth-order valence-corrected chi connectivity index (χ4v) is 2.94. The van der Waals surface area contributed by atoms with Gasteiger partial charge in [-0.25, -0.2) is 13.8 Å². The Hall–Kier alpha value is -2.01. The summed E-state index contributed by atoms with van der Waals surface area (Å²) < 4.78 is 27.2. The molecule has 1 heterocycles. The molecule has 1 unspecified atom stereocenters. The molecule has 2 nitrogen and oxygen atoms in total. The van der Waals surface area contributed by atoms with Crippen molar-refractivity contribution in [1.82, 2.24) is 4.98 Å². The maximum atomic E-state index is 13.2. The summed E-state index contributed by atoms with van der Waals surface area (Å²) in [6.45, 7) is 1.93. The Kier molecular flexibility index (Phi) is 3.36. The maximum Gasteiger partial charge on any atom is 0.184 e. The number of nitrogens with one attached hydrogen (secondary N) is 1. The molecule has 2 aromatic carbocycles. The van der Waals surface area contributed by atoms with Crippen LogP contribution in [-0.2, 0) is 0 Å². The Morgan fingerprint density at radius 1 is 1.10 bits per heavy atom. The smallest absolute Gasteiger partial charge is 0.184 e. The molecule has 3 rings (SSSR count). The standard InChI is InChI=1S/C15H12F2N2S/c1-9(10-3-2-4-11(16)7-10)18-15-19-13-8-12(17)5-6-14(13)20-15/h2-9H,1H3,(H,18,19). The van der Waals surface area contributed by atoms with Crippen LogP contribution in [0.4, 0.5) is 13.9 Å². The summed E-state index contributed by atoms with van der Waals surface area (Å²) in [5.41, 5.74) is 1.47. The van der Waals surface area contributed by atoms with Gasteiger partial charge >= 0.3 is 0 Å². The predicted molar refractivity (Wildman–Crippen MR) is 78.0 cm³/mol. The lowest BCUT2D eigenvalue weighted by molar-refractivity contribution is 0.623. The molecule has 102 valence electrons. The van der Waals surface area contributed by atoms with Crippen LogP contribution in [0.5, 0.6) is 0 Å². The van der Waals surface area contributed by atoms with Gasteiger partial charge in [0, 0.05) is 6.07 Å². The Labute approximate surface area is 119 Å². The highest BCUT2D eigenvalue weighted by atomic mass is 32.1. The molecule has 0 saturated carbocycles. The third-order valence-electron chi connectivity index (χ3n) is 3.04.